The zero-order chi connectivity index (χ0) is 17.6. The maximum Gasteiger partial charge on any atom is 0.309 e. The Labute approximate surface area is 149 Å². The summed E-state index contributed by atoms with van der Waals surface area (Å²) in [7, 11) is 1.36. The van der Waals surface area contributed by atoms with E-state index in [0.717, 1.165) is 11.3 Å². The lowest BCUT2D eigenvalue weighted by atomic mass is 10.1. The Morgan fingerprint density at radius 3 is 2.71 bits per heavy atom. The number of hydrogen-bond donors (Lipinski definition) is 0. The highest BCUT2D eigenvalue weighted by molar-refractivity contribution is 6.31. The van der Waals surface area contributed by atoms with Crippen molar-refractivity contribution in [3.8, 4) is 5.69 Å². The Bertz CT molecular complexity index is 892. The third kappa shape index (κ3) is 2.82. The van der Waals surface area contributed by atoms with Crippen LogP contribution in [0.5, 0.6) is 0 Å². The molecule has 2 atom stereocenters. The van der Waals surface area contributed by atoms with Crippen LogP contribution >= 0.6 is 23.2 Å². The van der Waals surface area contributed by atoms with Crippen molar-refractivity contribution in [3.63, 3.8) is 0 Å². The minimum Gasteiger partial charge on any atom is -0.469 e. The van der Waals surface area contributed by atoms with Crippen molar-refractivity contribution < 1.29 is 9.53 Å². The van der Waals surface area contributed by atoms with Gasteiger partial charge in [-0.15, -0.1) is 0 Å². The first-order valence-corrected chi connectivity index (χ1v) is 8.23. The summed E-state index contributed by atoms with van der Waals surface area (Å²) in [6.45, 7) is 3.67. The van der Waals surface area contributed by atoms with Crippen LogP contribution in [-0.4, -0.2) is 22.6 Å². The molecule has 0 amide bonds. The first-order chi connectivity index (χ1) is 11.3. The van der Waals surface area contributed by atoms with Crippen LogP contribution in [0.25, 0.3) is 5.69 Å². The number of aromatic nitrogens is 2. The summed E-state index contributed by atoms with van der Waals surface area (Å²) in [4.78, 5) is 28.5. The Balaban J connectivity index is 2.10. The third-order valence-electron chi connectivity index (χ3n) is 4.34. The van der Waals surface area contributed by atoms with Gasteiger partial charge in [-0.3, -0.25) is 14.2 Å². The second-order valence-corrected chi connectivity index (χ2v) is 6.73. The van der Waals surface area contributed by atoms with Gasteiger partial charge < -0.3 is 4.74 Å². The lowest BCUT2D eigenvalue weighted by molar-refractivity contribution is -0.142. The first kappa shape index (κ1) is 17.0. The van der Waals surface area contributed by atoms with Gasteiger partial charge in [-0.25, -0.2) is 4.98 Å². The van der Waals surface area contributed by atoms with Crippen LogP contribution in [0.2, 0.25) is 10.2 Å². The topological polar surface area (TPSA) is 61.2 Å². The zero-order valence-electron chi connectivity index (χ0n) is 13.5. The van der Waals surface area contributed by atoms with Gasteiger partial charge in [0.25, 0.3) is 5.56 Å². The van der Waals surface area contributed by atoms with E-state index in [1.165, 1.54) is 11.7 Å². The van der Waals surface area contributed by atoms with Crippen molar-refractivity contribution in [2.45, 2.75) is 26.2 Å². The fourth-order valence-corrected chi connectivity index (χ4v) is 3.42. The molecular weight excluding hydrogens is 351 g/mol. The molecule has 126 valence electrons. The van der Waals surface area contributed by atoms with Gasteiger partial charge in [-0.2, -0.15) is 0 Å². The average molecular weight is 367 g/mol. The van der Waals surface area contributed by atoms with Gasteiger partial charge in [0.2, 0.25) is 0 Å². The van der Waals surface area contributed by atoms with Crippen LogP contribution in [0.15, 0.2) is 23.1 Å². The van der Waals surface area contributed by atoms with Crippen LogP contribution in [0.1, 0.15) is 29.2 Å². The molecule has 0 saturated heterocycles. The highest BCUT2D eigenvalue weighted by Gasteiger charge is 2.46. The molecule has 1 saturated carbocycles. The fourth-order valence-electron chi connectivity index (χ4n) is 2.98. The van der Waals surface area contributed by atoms with Crippen LogP contribution in [-0.2, 0) is 9.53 Å². The molecule has 0 aromatic carbocycles. The minimum absolute atomic E-state index is 0.0619. The maximum absolute atomic E-state index is 12.8. The molecular formula is C17H16Cl2N2O3. The van der Waals surface area contributed by atoms with Crippen molar-refractivity contribution >= 4 is 29.2 Å². The molecule has 0 spiro atoms. The Morgan fingerprint density at radius 1 is 1.33 bits per heavy atom. The number of carbonyl (C=O) groups excluding carboxylic acids is 1. The van der Waals surface area contributed by atoms with Gasteiger partial charge in [-0.05, 0) is 49.4 Å². The summed E-state index contributed by atoms with van der Waals surface area (Å²) in [6, 6.07) is 3.49. The molecule has 1 aliphatic carbocycles. The molecule has 5 nitrogen and oxygen atoms in total. The molecule has 0 unspecified atom stereocenters. The van der Waals surface area contributed by atoms with Gasteiger partial charge in [0.15, 0.2) is 0 Å². The Hall–Kier alpha value is -1.85. The van der Waals surface area contributed by atoms with Crippen LogP contribution in [0, 0.1) is 19.8 Å². The maximum atomic E-state index is 12.8. The highest BCUT2D eigenvalue weighted by atomic mass is 35.5. The number of carbonyl (C=O) groups is 1. The van der Waals surface area contributed by atoms with E-state index >= 15 is 0 Å². The summed E-state index contributed by atoms with van der Waals surface area (Å²) in [5.41, 5.74) is 2.55. The largest absolute Gasteiger partial charge is 0.469 e. The summed E-state index contributed by atoms with van der Waals surface area (Å²) in [5, 5.41) is 0.430. The predicted octanol–water partition coefficient (Wildman–Crippen LogP) is 3.43. The van der Waals surface area contributed by atoms with E-state index in [1.54, 1.807) is 12.3 Å². The van der Waals surface area contributed by atoms with E-state index in [0.29, 0.717) is 22.8 Å². The number of halogens is 2. The summed E-state index contributed by atoms with van der Waals surface area (Å²) in [6.07, 6.45) is 2.26. The first-order valence-electron chi connectivity index (χ1n) is 7.47. The lowest BCUT2D eigenvalue weighted by Crippen LogP contribution is -2.23. The molecule has 0 aliphatic heterocycles. The van der Waals surface area contributed by atoms with Gasteiger partial charge in [-0.1, -0.05) is 23.2 Å². The molecule has 0 radical (unpaired) electrons. The second-order valence-electron chi connectivity index (χ2n) is 5.96. The van der Waals surface area contributed by atoms with Crippen molar-refractivity contribution in [1.29, 1.82) is 0 Å². The molecule has 3 rings (SSSR count). The number of rotatable bonds is 3. The van der Waals surface area contributed by atoms with Gasteiger partial charge in [0, 0.05) is 11.9 Å². The fraction of sp³-hybridized carbons (Fsp3) is 0.353. The third-order valence-corrected chi connectivity index (χ3v) is 4.92. The number of aryl methyl sites for hydroxylation is 2. The average Bonchev–Trinajstić information content (AvgIpc) is 3.34. The summed E-state index contributed by atoms with van der Waals surface area (Å²) in [5.74, 6) is -0.554. The van der Waals surface area contributed by atoms with Gasteiger partial charge in [0.05, 0.1) is 18.7 Å². The molecule has 7 heteroatoms. The summed E-state index contributed by atoms with van der Waals surface area (Å²) >= 11 is 12.3. The van der Waals surface area contributed by atoms with Crippen molar-refractivity contribution in [2.75, 3.05) is 7.11 Å². The number of nitrogens with zero attached hydrogens (tertiary/aromatic N) is 2. The molecule has 0 N–H and O–H groups in total. The second kappa shape index (κ2) is 6.22. The van der Waals surface area contributed by atoms with Crippen LogP contribution in [0.3, 0.4) is 0 Å². The van der Waals surface area contributed by atoms with E-state index in [4.69, 9.17) is 27.9 Å². The van der Waals surface area contributed by atoms with E-state index in [9.17, 15) is 9.59 Å². The van der Waals surface area contributed by atoms with Crippen LogP contribution < -0.4 is 5.56 Å². The molecule has 2 aromatic rings. The van der Waals surface area contributed by atoms with Crippen molar-refractivity contribution in [2.24, 2.45) is 5.92 Å². The zero-order valence-corrected chi connectivity index (χ0v) is 15.0. The quantitative estimate of drug-likeness (QED) is 0.616. The predicted molar refractivity (Wildman–Crippen MR) is 92.2 cm³/mol. The number of ether oxygens (including phenoxy) is 1. The lowest BCUT2D eigenvalue weighted by Gasteiger charge is -2.15. The van der Waals surface area contributed by atoms with Gasteiger partial charge >= 0.3 is 5.97 Å². The number of methoxy groups -OCH3 is 1. The van der Waals surface area contributed by atoms with Gasteiger partial charge in [0.1, 0.15) is 10.2 Å². The highest BCUT2D eigenvalue weighted by Crippen LogP contribution is 2.49. The Kier molecular flexibility index (Phi) is 4.40. The normalized spacial score (nSPS) is 19.2. The van der Waals surface area contributed by atoms with E-state index in [2.05, 4.69) is 4.98 Å². The van der Waals surface area contributed by atoms with Crippen LogP contribution in [0.4, 0.5) is 0 Å². The van der Waals surface area contributed by atoms with E-state index in [-0.39, 0.29) is 28.4 Å². The molecule has 24 heavy (non-hydrogen) atoms. The van der Waals surface area contributed by atoms with Crippen molar-refractivity contribution in [3.05, 3.63) is 55.7 Å². The molecule has 0 bridgehead atoms. The SMILES string of the molecule is COC(=O)[C@H]1C[C@@H]1c1cc(C)n(-c2cc(Cl)ncc2C)c(=O)c1Cl. The summed E-state index contributed by atoms with van der Waals surface area (Å²) < 4.78 is 6.28. The van der Waals surface area contributed by atoms with E-state index in [1.807, 2.05) is 19.9 Å². The molecule has 2 aromatic heterocycles. The number of hydrogen-bond acceptors (Lipinski definition) is 4. The molecule has 1 aliphatic rings. The molecule has 2 heterocycles. The molecule has 1 fully saturated rings. The number of pyridine rings is 2. The monoisotopic (exact) mass is 366 g/mol. The Morgan fingerprint density at radius 2 is 2.04 bits per heavy atom. The smallest absolute Gasteiger partial charge is 0.309 e. The van der Waals surface area contributed by atoms with E-state index < -0.39 is 0 Å². The standard InChI is InChI=1S/C17H16Cl2N2O3/c1-8-7-20-14(18)6-13(8)21-9(2)4-11(15(19)16(21)22)10-5-12(10)17(23)24-3/h4,6-7,10,12H,5H2,1-3H3/t10-,12+/m1/s1. The number of esters is 1. The van der Waals surface area contributed by atoms with Crippen molar-refractivity contribution in [1.82, 2.24) is 9.55 Å². The minimum atomic E-state index is -0.326.